The van der Waals surface area contributed by atoms with Gasteiger partial charge in [0.05, 0.1) is 5.69 Å². The van der Waals surface area contributed by atoms with Crippen LogP contribution in [0.15, 0.2) is 11.0 Å². The number of aromatic nitrogens is 4. The zero-order valence-electron chi connectivity index (χ0n) is 10.3. The summed E-state index contributed by atoms with van der Waals surface area (Å²) in [4.78, 5) is 8.09. The topological polar surface area (TPSA) is 77.7 Å². The van der Waals surface area contributed by atoms with Gasteiger partial charge in [-0.1, -0.05) is 11.6 Å². The van der Waals surface area contributed by atoms with Crippen molar-refractivity contribution in [1.29, 1.82) is 0 Å². The molecule has 19 heavy (non-hydrogen) atoms. The Kier molecular flexibility index (Phi) is 3.55. The standard InChI is InChI=1S/C10H10Cl2N4O2S/c1-5-4-8(14-7(3)13-5)16-10(11)9(6(2)15-16)19(12,17)18/h4H,1-3H3. The molecule has 0 spiro atoms. The van der Waals surface area contributed by atoms with E-state index in [2.05, 4.69) is 15.1 Å². The normalized spacial score (nSPS) is 11.8. The maximum atomic E-state index is 11.4. The molecule has 2 heterocycles. The Morgan fingerprint density at radius 3 is 2.32 bits per heavy atom. The van der Waals surface area contributed by atoms with E-state index in [4.69, 9.17) is 22.3 Å². The van der Waals surface area contributed by atoms with E-state index < -0.39 is 9.05 Å². The van der Waals surface area contributed by atoms with Gasteiger partial charge in [0.2, 0.25) is 0 Å². The van der Waals surface area contributed by atoms with Crippen molar-refractivity contribution < 1.29 is 8.42 Å². The van der Waals surface area contributed by atoms with Crippen molar-refractivity contribution >= 4 is 31.3 Å². The van der Waals surface area contributed by atoms with Gasteiger partial charge in [0, 0.05) is 22.4 Å². The van der Waals surface area contributed by atoms with E-state index in [0.717, 1.165) is 5.69 Å². The zero-order chi connectivity index (χ0) is 14.4. The van der Waals surface area contributed by atoms with E-state index in [9.17, 15) is 8.42 Å². The number of rotatable bonds is 2. The summed E-state index contributed by atoms with van der Waals surface area (Å²) >= 11 is 6.03. The molecule has 0 aliphatic rings. The van der Waals surface area contributed by atoms with Crippen molar-refractivity contribution in [2.45, 2.75) is 25.7 Å². The molecule has 6 nitrogen and oxygen atoms in total. The highest BCUT2D eigenvalue weighted by Gasteiger charge is 2.25. The van der Waals surface area contributed by atoms with Crippen LogP contribution in [0.4, 0.5) is 0 Å². The molecule has 0 radical (unpaired) electrons. The lowest BCUT2D eigenvalue weighted by Crippen LogP contribution is -2.04. The third-order valence-electron chi connectivity index (χ3n) is 2.37. The van der Waals surface area contributed by atoms with Crippen LogP contribution in [0.3, 0.4) is 0 Å². The Morgan fingerprint density at radius 2 is 1.84 bits per heavy atom. The first-order valence-electron chi connectivity index (χ1n) is 5.22. The molecule has 0 aliphatic heterocycles. The van der Waals surface area contributed by atoms with Gasteiger partial charge in [0.25, 0.3) is 9.05 Å². The number of halogens is 2. The van der Waals surface area contributed by atoms with Crippen LogP contribution in [0.5, 0.6) is 0 Å². The number of aryl methyl sites for hydroxylation is 3. The fraction of sp³-hybridized carbons (Fsp3) is 0.300. The molecule has 0 aromatic carbocycles. The van der Waals surface area contributed by atoms with Gasteiger partial charge >= 0.3 is 0 Å². The summed E-state index contributed by atoms with van der Waals surface area (Å²) in [5.41, 5.74) is 0.941. The SMILES string of the molecule is Cc1cc(-n2nc(C)c(S(=O)(=O)Cl)c2Cl)nc(C)n1. The molecular formula is C10H10Cl2N4O2S. The van der Waals surface area contributed by atoms with Gasteiger partial charge in [-0.05, 0) is 20.8 Å². The van der Waals surface area contributed by atoms with Gasteiger partial charge in [-0.15, -0.1) is 0 Å². The van der Waals surface area contributed by atoms with Crippen molar-refractivity contribution in [3.05, 3.63) is 28.4 Å². The smallest absolute Gasteiger partial charge is 0.238 e. The lowest BCUT2D eigenvalue weighted by molar-refractivity contribution is 0.609. The fourth-order valence-corrected chi connectivity index (χ4v) is 3.64. The van der Waals surface area contributed by atoms with Crippen LogP contribution >= 0.6 is 22.3 Å². The van der Waals surface area contributed by atoms with Crippen molar-refractivity contribution in [1.82, 2.24) is 19.7 Å². The van der Waals surface area contributed by atoms with Crippen LogP contribution in [0.2, 0.25) is 5.15 Å². The van der Waals surface area contributed by atoms with Crippen molar-refractivity contribution in [2.75, 3.05) is 0 Å². The van der Waals surface area contributed by atoms with Gasteiger partial charge in [0.1, 0.15) is 10.7 Å². The zero-order valence-corrected chi connectivity index (χ0v) is 12.7. The minimum atomic E-state index is -3.96. The molecule has 2 rings (SSSR count). The Balaban J connectivity index is 2.72. The molecule has 2 aromatic heterocycles. The fourth-order valence-electron chi connectivity index (χ4n) is 1.72. The van der Waals surface area contributed by atoms with E-state index in [1.807, 2.05) is 0 Å². The van der Waals surface area contributed by atoms with E-state index in [0.29, 0.717) is 11.6 Å². The Bertz CT molecular complexity index is 735. The first-order chi connectivity index (χ1) is 8.70. The summed E-state index contributed by atoms with van der Waals surface area (Å²) in [6, 6.07) is 1.65. The second kappa shape index (κ2) is 4.73. The lowest BCUT2D eigenvalue weighted by atomic mass is 10.4. The third-order valence-corrected chi connectivity index (χ3v) is 4.27. The second-order valence-electron chi connectivity index (χ2n) is 3.97. The average molecular weight is 321 g/mol. The third kappa shape index (κ3) is 2.72. The van der Waals surface area contributed by atoms with Gasteiger partial charge in [0.15, 0.2) is 11.0 Å². The number of hydrogen-bond acceptors (Lipinski definition) is 5. The lowest BCUT2D eigenvalue weighted by Gasteiger charge is -2.04. The van der Waals surface area contributed by atoms with E-state index in [1.165, 1.54) is 11.6 Å². The highest BCUT2D eigenvalue weighted by atomic mass is 35.7. The minimum absolute atomic E-state index is 0.0926. The van der Waals surface area contributed by atoms with Crippen LogP contribution in [-0.2, 0) is 9.05 Å². The molecule has 0 atom stereocenters. The molecule has 0 bridgehead atoms. The predicted molar refractivity (Wildman–Crippen MR) is 71.4 cm³/mol. The quantitative estimate of drug-likeness (QED) is 0.792. The Labute approximate surface area is 119 Å². The molecule has 0 saturated heterocycles. The molecule has 0 amide bonds. The van der Waals surface area contributed by atoms with Crippen molar-refractivity contribution in [3.63, 3.8) is 0 Å². The first-order valence-corrected chi connectivity index (χ1v) is 7.91. The minimum Gasteiger partial charge on any atom is -0.238 e. The molecule has 0 unspecified atom stereocenters. The molecule has 0 aliphatic carbocycles. The van der Waals surface area contributed by atoms with Crippen molar-refractivity contribution in [3.8, 4) is 5.82 Å². The van der Waals surface area contributed by atoms with Crippen LogP contribution in [0, 0.1) is 20.8 Å². The predicted octanol–water partition coefficient (Wildman–Crippen LogP) is 2.17. The van der Waals surface area contributed by atoms with Gasteiger partial charge < -0.3 is 0 Å². The molecular weight excluding hydrogens is 311 g/mol. The van der Waals surface area contributed by atoms with Crippen LogP contribution < -0.4 is 0 Å². The molecule has 0 N–H and O–H groups in total. The molecule has 2 aromatic rings. The van der Waals surface area contributed by atoms with E-state index in [1.54, 1.807) is 19.9 Å². The van der Waals surface area contributed by atoms with Gasteiger partial charge in [-0.2, -0.15) is 5.10 Å². The summed E-state index contributed by atoms with van der Waals surface area (Å²) < 4.78 is 24.1. The Morgan fingerprint density at radius 1 is 1.21 bits per heavy atom. The highest BCUT2D eigenvalue weighted by Crippen LogP contribution is 2.29. The summed E-state index contributed by atoms with van der Waals surface area (Å²) in [7, 11) is 1.38. The average Bonchev–Trinajstić information content (AvgIpc) is 2.51. The summed E-state index contributed by atoms with van der Waals surface area (Å²) in [6.07, 6.45) is 0. The number of nitrogens with zero attached hydrogens (tertiary/aromatic N) is 4. The van der Waals surface area contributed by atoms with Crippen molar-refractivity contribution in [2.24, 2.45) is 0 Å². The van der Waals surface area contributed by atoms with Crippen LogP contribution in [0.25, 0.3) is 5.82 Å². The Hall–Kier alpha value is -1.18. The summed E-state index contributed by atoms with van der Waals surface area (Å²) in [6.45, 7) is 5.03. The second-order valence-corrected chi connectivity index (χ2v) is 6.83. The first kappa shape index (κ1) is 14.2. The molecule has 0 saturated carbocycles. The molecule has 0 fully saturated rings. The highest BCUT2D eigenvalue weighted by molar-refractivity contribution is 8.13. The monoisotopic (exact) mass is 320 g/mol. The summed E-state index contributed by atoms with van der Waals surface area (Å²) in [5.74, 6) is 0.930. The van der Waals surface area contributed by atoms with E-state index in [-0.39, 0.29) is 15.7 Å². The molecule has 102 valence electrons. The van der Waals surface area contributed by atoms with Crippen LogP contribution in [-0.4, -0.2) is 28.2 Å². The summed E-state index contributed by atoms with van der Waals surface area (Å²) in [5, 5.41) is 3.97. The number of hydrogen-bond donors (Lipinski definition) is 0. The van der Waals surface area contributed by atoms with Gasteiger partial charge in [-0.3, -0.25) is 0 Å². The maximum Gasteiger partial charge on any atom is 0.266 e. The van der Waals surface area contributed by atoms with Gasteiger partial charge in [-0.25, -0.2) is 23.1 Å². The molecule has 9 heteroatoms. The van der Waals surface area contributed by atoms with Crippen LogP contribution in [0.1, 0.15) is 17.2 Å². The maximum absolute atomic E-state index is 11.4. The largest absolute Gasteiger partial charge is 0.266 e. The van der Waals surface area contributed by atoms with E-state index >= 15 is 0 Å².